The fourth-order valence-corrected chi connectivity index (χ4v) is 2.79. The van der Waals surface area contributed by atoms with Crippen molar-refractivity contribution in [1.29, 1.82) is 0 Å². The number of carbonyl (C=O) groups is 1. The smallest absolute Gasteiger partial charge is 0.196 e. The molecule has 0 atom stereocenters. The quantitative estimate of drug-likeness (QED) is 0.573. The molecule has 0 aliphatic rings. The van der Waals surface area contributed by atoms with Gasteiger partial charge in [0, 0.05) is 18.3 Å². The van der Waals surface area contributed by atoms with Crippen molar-refractivity contribution in [2.75, 3.05) is 11.9 Å². The monoisotopic (exact) mass is 360 g/mol. The molecule has 138 valence electrons. The SMILES string of the molecule is CCCNc1ncccc1C(=O)c1cccc(OCc2ccccc2C)c1. The van der Waals surface area contributed by atoms with Crippen molar-refractivity contribution in [2.45, 2.75) is 26.9 Å². The lowest BCUT2D eigenvalue weighted by atomic mass is 10.0. The molecule has 1 N–H and O–H groups in total. The maximum atomic E-state index is 13.0. The number of aromatic nitrogens is 1. The van der Waals surface area contributed by atoms with Gasteiger partial charge in [-0.3, -0.25) is 4.79 Å². The van der Waals surface area contributed by atoms with Gasteiger partial charge in [-0.05, 0) is 48.7 Å². The fourth-order valence-electron chi connectivity index (χ4n) is 2.79. The van der Waals surface area contributed by atoms with Crippen LogP contribution in [-0.2, 0) is 6.61 Å². The highest BCUT2D eigenvalue weighted by Gasteiger charge is 2.15. The van der Waals surface area contributed by atoms with Gasteiger partial charge in [0.05, 0.1) is 5.56 Å². The van der Waals surface area contributed by atoms with E-state index in [9.17, 15) is 4.79 Å². The Hall–Kier alpha value is -3.14. The van der Waals surface area contributed by atoms with Crippen molar-refractivity contribution in [3.63, 3.8) is 0 Å². The van der Waals surface area contributed by atoms with Gasteiger partial charge in [0.15, 0.2) is 5.78 Å². The van der Waals surface area contributed by atoms with E-state index in [0.717, 1.165) is 18.5 Å². The Kier molecular flexibility index (Phi) is 6.21. The highest BCUT2D eigenvalue weighted by molar-refractivity contribution is 6.12. The molecule has 4 nitrogen and oxygen atoms in total. The van der Waals surface area contributed by atoms with Crippen LogP contribution in [0.15, 0.2) is 66.9 Å². The number of benzene rings is 2. The second-order valence-corrected chi connectivity index (χ2v) is 6.40. The van der Waals surface area contributed by atoms with Crippen LogP contribution in [0.3, 0.4) is 0 Å². The molecule has 3 rings (SSSR count). The molecule has 4 heteroatoms. The van der Waals surface area contributed by atoms with E-state index in [4.69, 9.17) is 4.74 Å². The lowest BCUT2D eigenvalue weighted by Crippen LogP contribution is -2.10. The molecule has 0 aliphatic heterocycles. The van der Waals surface area contributed by atoms with Crippen LogP contribution in [0.5, 0.6) is 5.75 Å². The standard InChI is InChI=1S/C23H24N2O2/c1-3-13-24-23-21(12-7-14-25-23)22(26)18-10-6-11-20(15-18)27-16-19-9-5-4-8-17(19)2/h4-12,14-15H,3,13,16H2,1-2H3,(H,24,25). The number of anilines is 1. The number of hydrogen-bond acceptors (Lipinski definition) is 4. The van der Waals surface area contributed by atoms with Gasteiger partial charge in [0.1, 0.15) is 18.2 Å². The summed E-state index contributed by atoms with van der Waals surface area (Å²) >= 11 is 0. The van der Waals surface area contributed by atoms with Gasteiger partial charge in [-0.1, -0.05) is 43.3 Å². The molecule has 0 saturated carbocycles. The number of rotatable bonds is 8. The van der Waals surface area contributed by atoms with E-state index in [0.29, 0.717) is 29.3 Å². The largest absolute Gasteiger partial charge is 0.489 e. The first-order valence-corrected chi connectivity index (χ1v) is 9.20. The van der Waals surface area contributed by atoms with E-state index in [1.807, 2.05) is 30.3 Å². The minimum Gasteiger partial charge on any atom is -0.489 e. The minimum atomic E-state index is -0.0666. The maximum absolute atomic E-state index is 13.0. The Morgan fingerprint density at radius 3 is 2.74 bits per heavy atom. The number of carbonyl (C=O) groups excluding carboxylic acids is 1. The topological polar surface area (TPSA) is 51.2 Å². The molecule has 0 unspecified atom stereocenters. The number of ether oxygens (including phenoxy) is 1. The Balaban J connectivity index is 1.77. The third kappa shape index (κ3) is 4.73. The van der Waals surface area contributed by atoms with E-state index in [-0.39, 0.29) is 5.78 Å². The third-order valence-electron chi connectivity index (χ3n) is 4.35. The summed E-state index contributed by atoms with van der Waals surface area (Å²) in [4.78, 5) is 17.3. The van der Waals surface area contributed by atoms with Crippen LogP contribution in [-0.4, -0.2) is 17.3 Å². The Morgan fingerprint density at radius 2 is 1.93 bits per heavy atom. The zero-order valence-electron chi connectivity index (χ0n) is 15.7. The number of nitrogens with zero attached hydrogens (tertiary/aromatic N) is 1. The molecule has 0 radical (unpaired) electrons. The van der Waals surface area contributed by atoms with Gasteiger partial charge in [-0.25, -0.2) is 4.98 Å². The van der Waals surface area contributed by atoms with Crippen LogP contribution in [0.25, 0.3) is 0 Å². The molecular formula is C23H24N2O2. The first kappa shape index (κ1) is 18.6. The zero-order valence-corrected chi connectivity index (χ0v) is 15.7. The number of hydrogen-bond donors (Lipinski definition) is 1. The van der Waals surface area contributed by atoms with Gasteiger partial charge >= 0.3 is 0 Å². The molecule has 0 fully saturated rings. The summed E-state index contributed by atoms with van der Waals surface area (Å²) in [5.74, 6) is 1.23. The van der Waals surface area contributed by atoms with Crippen molar-refractivity contribution in [3.8, 4) is 5.75 Å². The minimum absolute atomic E-state index is 0.0666. The summed E-state index contributed by atoms with van der Waals surface area (Å²) in [7, 11) is 0. The third-order valence-corrected chi connectivity index (χ3v) is 4.35. The number of aryl methyl sites for hydroxylation is 1. The summed E-state index contributed by atoms with van der Waals surface area (Å²) in [5, 5.41) is 3.22. The summed E-state index contributed by atoms with van der Waals surface area (Å²) < 4.78 is 5.91. The molecule has 2 aromatic carbocycles. The highest BCUT2D eigenvalue weighted by atomic mass is 16.5. The number of pyridine rings is 1. The molecule has 0 amide bonds. The average Bonchev–Trinajstić information content (AvgIpc) is 2.71. The molecule has 1 heterocycles. The van der Waals surface area contributed by atoms with Gasteiger partial charge in [0.2, 0.25) is 0 Å². The molecule has 0 spiro atoms. The first-order valence-electron chi connectivity index (χ1n) is 9.20. The van der Waals surface area contributed by atoms with Crippen molar-refractivity contribution in [3.05, 3.63) is 89.1 Å². The van der Waals surface area contributed by atoms with Gasteiger partial charge in [-0.15, -0.1) is 0 Å². The van der Waals surface area contributed by atoms with Crippen LogP contribution in [0.4, 0.5) is 5.82 Å². The predicted molar refractivity (Wildman–Crippen MR) is 108 cm³/mol. The number of nitrogens with one attached hydrogen (secondary N) is 1. The summed E-state index contributed by atoms with van der Waals surface area (Å²) in [6, 6.07) is 19.0. The predicted octanol–water partition coefficient (Wildman–Crippen LogP) is 5.02. The van der Waals surface area contributed by atoms with Crippen molar-refractivity contribution in [1.82, 2.24) is 4.98 Å². The molecule has 27 heavy (non-hydrogen) atoms. The van der Waals surface area contributed by atoms with Gasteiger partial charge in [0.25, 0.3) is 0 Å². The van der Waals surface area contributed by atoms with E-state index in [2.05, 4.69) is 30.2 Å². The lowest BCUT2D eigenvalue weighted by molar-refractivity contribution is 0.103. The average molecular weight is 360 g/mol. The Labute approximate surface area is 160 Å². The molecular weight excluding hydrogens is 336 g/mol. The Morgan fingerprint density at radius 1 is 1.07 bits per heavy atom. The van der Waals surface area contributed by atoms with Crippen molar-refractivity contribution in [2.24, 2.45) is 0 Å². The number of ketones is 1. The Bertz CT molecular complexity index is 922. The maximum Gasteiger partial charge on any atom is 0.196 e. The first-order chi connectivity index (χ1) is 13.2. The van der Waals surface area contributed by atoms with Crippen molar-refractivity contribution >= 4 is 11.6 Å². The van der Waals surface area contributed by atoms with Gasteiger partial charge in [-0.2, -0.15) is 0 Å². The van der Waals surface area contributed by atoms with Gasteiger partial charge < -0.3 is 10.1 Å². The van der Waals surface area contributed by atoms with Crippen molar-refractivity contribution < 1.29 is 9.53 Å². The van der Waals surface area contributed by atoms with Crippen LogP contribution >= 0.6 is 0 Å². The second-order valence-electron chi connectivity index (χ2n) is 6.40. The van der Waals surface area contributed by atoms with Crippen LogP contribution in [0.1, 0.15) is 40.4 Å². The fraction of sp³-hybridized carbons (Fsp3) is 0.217. The highest BCUT2D eigenvalue weighted by Crippen LogP contribution is 2.21. The molecule has 0 aliphatic carbocycles. The molecule has 3 aromatic rings. The molecule has 0 saturated heterocycles. The van der Waals surface area contributed by atoms with Crippen LogP contribution < -0.4 is 10.1 Å². The molecule has 0 bridgehead atoms. The van der Waals surface area contributed by atoms with E-state index >= 15 is 0 Å². The second kappa shape index (κ2) is 8.99. The summed E-state index contributed by atoms with van der Waals surface area (Å²) in [6.45, 7) is 5.38. The zero-order chi connectivity index (χ0) is 19.1. The van der Waals surface area contributed by atoms with E-state index in [1.165, 1.54) is 5.56 Å². The molecule has 1 aromatic heterocycles. The summed E-state index contributed by atoms with van der Waals surface area (Å²) in [6.07, 6.45) is 2.66. The van der Waals surface area contributed by atoms with E-state index < -0.39 is 0 Å². The van der Waals surface area contributed by atoms with Crippen LogP contribution in [0.2, 0.25) is 0 Å². The lowest BCUT2D eigenvalue weighted by Gasteiger charge is -2.11. The van der Waals surface area contributed by atoms with Crippen LogP contribution in [0, 0.1) is 6.92 Å². The summed E-state index contributed by atoms with van der Waals surface area (Å²) in [5.41, 5.74) is 3.48. The normalized spacial score (nSPS) is 10.4. The van der Waals surface area contributed by atoms with E-state index in [1.54, 1.807) is 30.5 Å².